The van der Waals surface area contributed by atoms with Crippen molar-refractivity contribution in [2.24, 2.45) is 0 Å². The lowest BCUT2D eigenvalue weighted by Gasteiger charge is -2.26. The quantitative estimate of drug-likeness (QED) is 0.871. The van der Waals surface area contributed by atoms with Crippen molar-refractivity contribution in [3.63, 3.8) is 0 Å². The molecule has 4 nitrogen and oxygen atoms in total. The predicted octanol–water partition coefficient (Wildman–Crippen LogP) is 3.57. The summed E-state index contributed by atoms with van der Waals surface area (Å²) >= 11 is 0. The average Bonchev–Trinajstić information content (AvgIpc) is 2.53. The van der Waals surface area contributed by atoms with Crippen LogP contribution in [0.5, 0.6) is 0 Å². The van der Waals surface area contributed by atoms with Crippen LogP contribution >= 0.6 is 0 Å². The van der Waals surface area contributed by atoms with Crippen LogP contribution in [0.3, 0.4) is 0 Å². The van der Waals surface area contributed by atoms with Crippen molar-refractivity contribution in [3.05, 3.63) is 30.3 Å². The fraction of sp³-hybridized carbons (Fsp3) is 0.588. The van der Waals surface area contributed by atoms with Gasteiger partial charge in [-0.15, -0.1) is 0 Å². The molecule has 0 radical (unpaired) electrons. The zero-order valence-corrected chi connectivity index (χ0v) is 12.9. The topological polar surface area (TPSA) is 41.6 Å². The van der Waals surface area contributed by atoms with E-state index in [0.717, 1.165) is 12.2 Å². The third-order valence-electron chi connectivity index (χ3n) is 3.93. The maximum atomic E-state index is 12.1. The molecule has 0 aliphatic heterocycles. The van der Waals surface area contributed by atoms with Gasteiger partial charge in [0.2, 0.25) is 0 Å². The zero-order chi connectivity index (χ0) is 14.9. The summed E-state index contributed by atoms with van der Waals surface area (Å²) in [4.78, 5) is 13.8. The van der Waals surface area contributed by atoms with Gasteiger partial charge in [-0.2, -0.15) is 0 Å². The molecule has 0 unspecified atom stereocenters. The Kier molecular flexibility index (Phi) is 6.54. The molecule has 4 heteroatoms. The van der Waals surface area contributed by atoms with Gasteiger partial charge in [0, 0.05) is 24.8 Å². The van der Waals surface area contributed by atoms with Gasteiger partial charge in [-0.05, 0) is 31.9 Å². The van der Waals surface area contributed by atoms with E-state index in [1.165, 1.54) is 32.1 Å². The van der Waals surface area contributed by atoms with Crippen LogP contribution in [0, 0.1) is 0 Å². The van der Waals surface area contributed by atoms with Crippen LogP contribution < -0.4 is 10.2 Å². The molecule has 0 aromatic heterocycles. The summed E-state index contributed by atoms with van der Waals surface area (Å²) < 4.78 is 5.16. The molecule has 0 atom stereocenters. The van der Waals surface area contributed by atoms with Crippen LogP contribution in [0.1, 0.15) is 39.0 Å². The Morgan fingerprint density at radius 3 is 2.62 bits per heavy atom. The Bertz CT molecular complexity index is 416. The Labute approximate surface area is 127 Å². The van der Waals surface area contributed by atoms with Crippen LogP contribution in [0.2, 0.25) is 0 Å². The highest BCUT2D eigenvalue weighted by atomic mass is 16.6. The van der Waals surface area contributed by atoms with Crippen LogP contribution in [0.25, 0.3) is 0 Å². The number of amides is 1. The number of rotatable bonds is 6. The Balaban J connectivity index is 1.88. The fourth-order valence-electron chi connectivity index (χ4n) is 2.82. The summed E-state index contributed by atoms with van der Waals surface area (Å²) in [5.41, 5.74) is 0.890. The number of ether oxygens (including phenoxy) is 1. The van der Waals surface area contributed by atoms with Gasteiger partial charge < -0.3 is 10.1 Å². The van der Waals surface area contributed by atoms with E-state index in [-0.39, 0.29) is 6.09 Å². The van der Waals surface area contributed by atoms with Crippen LogP contribution in [0.4, 0.5) is 10.5 Å². The first-order valence-corrected chi connectivity index (χ1v) is 8.04. The standard InChI is InChI=1S/C17H26N2O2/c1-2-21-17(20)19(16-11-7-4-8-12-16)14-13-18-15-9-5-3-6-10-15/h4,7-8,11-12,15,18H,2-3,5-6,9-10,13-14H2,1H3. The minimum absolute atomic E-state index is 0.269. The molecule has 1 N–H and O–H groups in total. The molecule has 1 saturated carbocycles. The lowest BCUT2D eigenvalue weighted by molar-refractivity contribution is 0.159. The normalized spacial score (nSPS) is 15.7. The summed E-state index contributed by atoms with van der Waals surface area (Å²) in [7, 11) is 0. The summed E-state index contributed by atoms with van der Waals surface area (Å²) in [6.45, 7) is 3.68. The van der Waals surface area contributed by atoms with Crippen molar-refractivity contribution in [1.82, 2.24) is 5.32 Å². The van der Waals surface area contributed by atoms with Crippen LogP contribution in [-0.2, 0) is 4.74 Å². The molecule has 2 rings (SSSR count). The molecule has 1 aliphatic carbocycles. The first kappa shape index (κ1) is 15.8. The molecule has 116 valence electrons. The van der Waals surface area contributed by atoms with Crippen molar-refractivity contribution in [2.45, 2.75) is 45.1 Å². The number of benzene rings is 1. The Morgan fingerprint density at radius 2 is 1.95 bits per heavy atom. The van der Waals surface area contributed by atoms with E-state index in [0.29, 0.717) is 19.2 Å². The molecule has 0 bridgehead atoms. The Hall–Kier alpha value is -1.55. The summed E-state index contributed by atoms with van der Waals surface area (Å²) in [5.74, 6) is 0. The number of nitrogens with zero attached hydrogens (tertiary/aromatic N) is 1. The van der Waals surface area contributed by atoms with E-state index >= 15 is 0 Å². The van der Waals surface area contributed by atoms with E-state index in [9.17, 15) is 4.79 Å². The number of nitrogens with one attached hydrogen (secondary N) is 1. The van der Waals surface area contributed by atoms with E-state index in [4.69, 9.17) is 4.74 Å². The molecule has 0 heterocycles. The molecular weight excluding hydrogens is 264 g/mol. The maximum Gasteiger partial charge on any atom is 0.414 e. The monoisotopic (exact) mass is 290 g/mol. The minimum atomic E-state index is -0.269. The number of carbonyl (C=O) groups is 1. The SMILES string of the molecule is CCOC(=O)N(CCNC1CCCCC1)c1ccccc1. The molecule has 1 aliphatic rings. The number of hydrogen-bond donors (Lipinski definition) is 1. The van der Waals surface area contributed by atoms with E-state index in [1.54, 1.807) is 4.90 Å². The third kappa shape index (κ3) is 5.05. The van der Waals surface area contributed by atoms with Gasteiger partial charge in [-0.1, -0.05) is 37.5 Å². The average molecular weight is 290 g/mol. The second-order valence-electron chi connectivity index (χ2n) is 5.48. The highest BCUT2D eigenvalue weighted by molar-refractivity contribution is 5.87. The van der Waals surface area contributed by atoms with Crippen molar-refractivity contribution < 1.29 is 9.53 Å². The smallest absolute Gasteiger partial charge is 0.414 e. The second kappa shape index (κ2) is 8.67. The fourth-order valence-corrected chi connectivity index (χ4v) is 2.82. The lowest BCUT2D eigenvalue weighted by Crippen LogP contribution is -2.41. The van der Waals surface area contributed by atoms with E-state index in [1.807, 2.05) is 37.3 Å². The molecular formula is C17H26N2O2. The summed E-state index contributed by atoms with van der Waals surface area (Å²) in [6.07, 6.45) is 6.23. The van der Waals surface area contributed by atoms with Gasteiger partial charge in [-0.25, -0.2) is 4.79 Å². The van der Waals surface area contributed by atoms with E-state index < -0.39 is 0 Å². The molecule has 1 fully saturated rings. The van der Waals surface area contributed by atoms with Gasteiger partial charge in [-0.3, -0.25) is 4.90 Å². The molecule has 1 amide bonds. The first-order valence-electron chi connectivity index (χ1n) is 8.04. The number of anilines is 1. The third-order valence-corrected chi connectivity index (χ3v) is 3.93. The van der Waals surface area contributed by atoms with Gasteiger partial charge in [0.15, 0.2) is 0 Å². The predicted molar refractivity (Wildman–Crippen MR) is 85.7 cm³/mol. The van der Waals surface area contributed by atoms with Gasteiger partial charge in [0.25, 0.3) is 0 Å². The van der Waals surface area contributed by atoms with Gasteiger partial charge in [0.1, 0.15) is 0 Å². The molecule has 0 saturated heterocycles. The maximum absolute atomic E-state index is 12.1. The number of carbonyl (C=O) groups excluding carboxylic acids is 1. The van der Waals surface area contributed by atoms with Crippen molar-refractivity contribution in [3.8, 4) is 0 Å². The van der Waals surface area contributed by atoms with Gasteiger partial charge >= 0.3 is 6.09 Å². The van der Waals surface area contributed by atoms with Crippen LogP contribution in [0.15, 0.2) is 30.3 Å². The molecule has 21 heavy (non-hydrogen) atoms. The second-order valence-corrected chi connectivity index (χ2v) is 5.48. The minimum Gasteiger partial charge on any atom is -0.449 e. The molecule has 1 aromatic carbocycles. The zero-order valence-electron chi connectivity index (χ0n) is 12.9. The number of para-hydroxylation sites is 1. The largest absolute Gasteiger partial charge is 0.449 e. The lowest BCUT2D eigenvalue weighted by atomic mass is 9.95. The van der Waals surface area contributed by atoms with Crippen molar-refractivity contribution >= 4 is 11.8 Å². The first-order chi connectivity index (χ1) is 10.3. The summed E-state index contributed by atoms with van der Waals surface area (Å²) in [5, 5.41) is 3.57. The van der Waals surface area contributed by atoms with Gasteiger partial charge in [0.05, 0.1) is 6.61 Å². The van der Waals surface area contributed by atoms with E-state index in [2.05, 4.69) is 5.32 Å². The van der Waals surface area contributed by atoms with Crippen molar-refractivity contribution in [2.75, 3.05) is 24.6 Å². The molecule has 1 aromatic rings. The summed E-state index contributed by atoms with van der Waals surface area (Å²) in [6, 6.07) is 10.3. The highest BCUT2D eigenvalue weighted by Crippen LogP contribution is 2.18. The Morgan fingerprint density at radius 1 is 1.24 bits per heavy atom. The van der Waals surface area contributed by atoms with Crippen LogP contribution in [-0.4, -0.2) is 31.8 Å². The van der Waals surface area contributed by atoms with Crippen molar-refractivity contribution in [1.29, 1.82) is 0 Å². The number of hydrogen-bond acceptors (Lipinski definition) is 3. The molecule has 0 spiro atoms. The highest BCUT2D eigenvalue weighted by Gasteiger charge is 2.17.